The Kier molecular flexibility index (Phi) is 6.48. The Balaban J connectivity index is 1.87. The van der Waals surface area contributed by atoms with E-state index in [1.807, 2.05) is 37.8 Å². The van der Waals surface area contributed by atoms with E-state index in [4.69, 9.17) is 32.7 Å². The smallest absolute Gasteiger partial charge is 0.410 e. The molecule has 6 heteroatoms. The van der Waals surface area contributed by atoms with Crippen LogP contribution in [0.5, 0.6) is 0 Å². The molecule has 1 heterocycles. The molecular weight excluding hydrogens is 409 g/mol. The van der Waals surface area contributed by atoms with Crippen molar-refractivity contribution in [3.63, 3.8) is 0 Å². The van der Waals surface area contributed by atoms with E-state index in [0.29, 0.717) is 22.5 Å². The molecule has 0 unspecified atom stereocenters. The lowest BCUT2D eigenvalue weighted by Gasteiger charge is -2.48. The van der Waals surface area contributed by atoms with Crippen molar-refractivity contribution in [1.82, 2.24) is 4.90 Å². The summed E-state index contributed by atoms with van der Waals surface area (Å²) < 4.78 is 11.4. The molecule has 1 aromatic rings. The minimum Gasteiger partial charge on any atom is -0.444 e. The normalized spacial score (nSPS) is 30.4. The van der Waals surface area contributed by atoms with Gasteiger partial charge in [0, 0.05) is 25.6 Å². The highest BCUT2D eigenvalue weighted by molar-refractivity contribution is 6.42. The van der Waals surface area contributed by atoms with E-state index in [2.05, 4.69) is 13.0 Å². The van der Waals surface area contributed by atoms with Crippen LogP contribution in [0.4, 0.5) is 4.79 Å². The van der Waals surface area contributed by atoms with Crippen LogP contribution in [0.15, 0.2) is 18.2 Å². The van der Waals surface area contributed by atoms with Gasteiger partial charge in [-0.3, -0.25) is 0 Å². The van der Waals surface area contributed by atoms with E-state index < -0.39 is 5.60 Å². The minimum absolute atomic E-state index is 0.0387. The van der Waals surface area contributed by atoms with E-state index in [1.165, 1.54) is 5.56 Å². The molecule has 4 nitrogen and oxygen atoms in total. The molecule has 0 spiro atoms. The quantitative estimate of drug-likeness (QED) is 0.539. The second kappa shape index (κ2) is 8.28. The monoisotopic (exact) mass is 441 g/mol. The zero-order chi connectivity index (χ0) is 21.4. The zero-order valence-corrected chi connectivity index (χ0v) is 19.7. The fourth-order valence-corrected chi connectivity index (χ4v) is 5.17. The highest BCUT2D eigenvalue weighted by Crippen LogP contribution is 2.52. The summed E-state index contributed by atoms with van der Waals surface area (Å²) in [6.07, 6.45) is 4.70. The number of amides is 1. The van der Waals surface area contributed by atoms with Crippen molar-refractivity contribution in [3.05, 3.63) is 33.8 Å². The summed E-state index contributed by atoms with van der Waals surface area (Å²) in [7, 11) is 1.80. The summed E-state index contributed by atoms with van der Waals surface area (Å²) >= 11 is 12.6. The average Bonchev–Trinajstić information content (AvgIpc) is 3.14. The second-order valence-corrected chi connectivity index (χ2v) is 10.7. The van der Waals surface area contributed by atoms with Gasteiger partial charge in [0.15, 0.2) is 0 Å². The molecule has 0 aromatic heterocycles. The van der Waals surface area contributed by atoms with Crippen LogP contribution < -0.4 is 0 Å². The summed E-state index contributed by atoms with van der Waals surface area (Å²) in [6, 6.07) is 6.03. The number of carbonyl (C=O) groups excluding carboxylic acids is 1. The van der Waals surface area contributed by atoms with E-state index in [9.17, 15) is 4.79 Å². The number of halogens is 2. The lowest BCUT2D eigenvalue weighted by Crippen LogP contribution is -2.46. The summed E-state index contributed by atoms with van der Waals surface area (Å²) in [5, 5.41) is 1.16. The molecule has 1 amide bonds. The summed E-state index contributed by atoms with van der Waals surface area (Å²) in [5.41, 5.74) is 0.606. The maximum Gasteiger partial charge on any atom is 0.410 e. The first-order valence-corrected chi connectivity index (χ1v) is 11.2. The van der Waals surface area contributed by atoms with E-state index in [0.717, 1.165) is 38.6 Å². The molecule has 1 saturated carbocycles. The van der Waals surface area contributed by atoms with Crippen molar-refractivity contribution in [2.24, 2.45) is 5.92 Å². The molecule has 1 aromatic carbocycles. The van der Waals surface area contributed by atoms with Gasteiger partial charge >= 0.3 is 6.09 Å². The van der Waals surface area contributed by atoms with Crippen molar-refractivity contribution in [2.75, 3.05) is 20.2 Å². The molecule has 1 saturated heterocycles. The van der Waals surface area contributed by atoms with E-state index in [-0.39, 0.29) is 17.1 Å². The molecule has 2 fully saturated rings. The van der Waals surface area contributed by atoms with Crippen molar-refractivity contribution in [2.45, 2.75) is 76.4 Å². The Morgan fingerprint density at radius 1 is 1.14 bits per heavy atom. The number of ether oxygens (including phenoxy) is 2. The van der Waals surface area contributed by atoms with Crippen LogP contribution in [0.2, 0.25) is 10.0 Å². The van der Waals surface area contributed by atoms with Gasteiger partial charge in [0.1, 0.15) is 5.60 Å². The minimum atomic E-state index is -0.484. The fourth-order valence-electron chi connectivity index (χ4n) is 4.87. The van der Waals surface area contributed by atoms with Gasteiger partial charge in [-0.25, -0.2) is 4.79 Å². The van der Waals surface area contributed by atoms with Crippen molar-refractivity contribution >= 4 is 29.3 Å². The van der Waals surface area contributed by atoms with Gasteiger partial charge < -0.3 is 14.4 Å². The predicted octanol–water partition coefficient (Wildman–Crippen LogP) is 6.47. The van der Waals surface area contributed by atoms with E-state index in [1.54, 1.807) is 7.11 Å². The van der Waals surface area contributed by atoms with E-state index >= 15 is 0 Å². The molecule has 1 aliphatic carbocycles. The number of hydrogen-bond acceptors (Lipinski definition) is 3. The molecule has 0 bridgehead atoms. The summed E-state index contributed by atoms with van der Waals surface area (Å²) in [4.78, 5) is 14.5. The van der Waals surface area contributed by atoms with Crippen LogP contribution in [-0.2, 0) is 14.9 Å². The Labute approximate surface area is 184 Å². The first kappa shape index (κ1) is 22.7. The second-order valence-electron chi connectivity index (χ2n) is 9.85. The number of methoxy groups -OCH3 is 1. The van der Waals surface area contributed by atoms with Crippen LogP contribution >= 0.6 is 23.2 Å². The molecule has 1 atom stereocenters. The topological polar surface area (TPSA) is 38.8 Å². The average molecular weight is 442 g/mol. The van der Waals surface area contributed by atoms with Gasteiger partial charge in [-0.05, 0) is 83.4 Å². The zero-order valence-electron chi connectivity index (χ0n) is 18.2. The third-order valence-electron chi connectivity index (χ3n) is 6.81. The molecule has 1 aliphatic heterocycles. The Bertz CT molecular complexity index is 751. The number of carbonyl (C=O) groups is 1. The largest absolute Gasteiger partial charge is 0.444 e. The third kappa shape index (κ3) is 4.86. The third-order valence-corrected chi connectivity index (χ3v) is 7.55. The first-order chi connectivity index (χ1) is 13.5. The highest BCUT2D eigenvalue weighted by atomic mass is 35.5. The molecule has 0 radical (unpaired) electrons. The maximum atomic E-state index is 12.6. The standard InChI is InChI=1S/C23H33Cl2NO3/c1-21(2,3)29-20(27)26-13-8-17(15-26)23(11-9-22(4,28-5)10-12-23)16-6-7-18(24)19(25)14-16/h6-7,14,17H,8-13,15H2,1-5H3/t17-,22?,23?/m0/s1. The van der Waals surface area contributed by atoms with Gasteiger partial charge in [-0.2, -0.15) is 0 Å². The van der Waals surface area contributed by atoms with Crippen molar-refractivity contribution < 1.29 is 14.3 Å². The SMILES string of the molecule is COC1(C)CCC(c2ccc(Cl)c(Cl)c2)([C@H]2CCN(C(=O)OC(C)(C)C)C2)CC1. The Morgan fingerprint density at radius 2 is 1.79 bits per heavy atom. The molecule has 162 valence electrons. The summed E-state index contributed by atoms with van der Waals surface area (Å²) in [5.74, 6) is 0.355. The Morgan fingerprint density at radius 3 is 2.34 bits per heavy atom. The summed E-state index contributed by atoms with van der Waals surface area (Å²) in [6.45, 7) is 9.34. The fraction of sp³-hybridized carbons (Fsp3) is 0.696. The lowest BCUT2D eigenvalue weighted by molar-refractivity contribution is -0.0474. The van der Waals surface area contributed by atoms with Crippen LogP contribution in [-0.4, -0.2) is 42.4 Å². The number of hydrogen-bond donors (Lipinski definition) is 0. The van der Waals surface area contributed by atoms with Crippen molar-refractivity contribution in [1.29, 1.82) is 0 Å². The molecule has 2 aliphatic rings. The molecule has 0 N–H and O–H groups in total. The van der Waals surface area contributed by atoms with Gasteiger partial charge in [0.25, 0.3) is 0 Å². The lowest BCUT2D eigenvalue weighted by atomic mass is 9.59. The van der Waals surface area contributed by atoms with Crippen LogP contribution in [0.3, 0.4) is 0 Å². The molecule has 3 rings (SSSR count). The number of rotatable bonds is 3. The maximum absolute atomic E-state index is 12.6. The van der Waals surface area contributed by atoms with Gasteiger partial charge in [0.05, 0.1) is 15.6 Å². The Hall–Kier alpha value is -0.970. The van der Waals surface area contributed by atoms with Crippen LogP contribution in [0.1, 0.15) is 65.4 Å². The molecule has 29 heavy (non-hydrogen) atoms. The number of benzene rings is 1. The van der Waals surface area contributed by atoms with Gasteiger partial charge in [-0.15, -0.1) is 0 Å². The van der Waals surface area contributed by atoms with Crippen molar-refractivity contribution in [3.8, 4) is 0 Å². The number of nitrogens with zero attached hydrogens (tertiary/aromatic N) is 1. The van der Waals surface area contributed by atoms with Crippen LogP contribution in [0, 0.1) is 5.92 Å². The highest BCUT2D eigenvalue weighted by Gasteiger charge is 2.49. The van der Waals surface area contributed by atoms with Crippen LogP contribution in [0.25, 0.3) is 0 Å². The predicted molar refractivity (Wildman–Crippen MR) is 118 cm³/mol. The van der Waals surface area contributed by atoms with Gasteiger partial charge in [-0.1, -0.05) is 29.3 Å². The number of likely N-dealkylation sites (tertiary alicyclic amines) is 1. The molecular formula is C23H33Cl2NO3. The van der Waals surface area contributed by atoms with Gasteiger partial charge in [0.2, 0.25) is 0 Å². The first-order valence-electron chi connectivity index (χ1n) is 10.5.